The second-order valence-electron chi connectivity index (χ2n) is 14.5. The van der Waals surface area contributed by atoms with Crippen LogP contribution in [0.1, 0.15) is 30.5 Å². The highest BCUT2D eigenvalue weighted by atomic mass is 16.5. The normalized spacial score (nSPS) is 14.2. The summed E-state index contributed by atoms with van der Waals surface area (Å²) in [7, 11) is 2.43. The van der Waals surface area contributed by atoms with Gasteiger partial charge >= 0.3 is 0 Å². The van der Waals surface area contributed by atoms with Crippen molar-refractivity contribution in [1.29, 1.82) is 0 Å². The summed E-state index contributed by atoms with van der Waals surface area (Å²) in [5, 5.41) is 6.29. The molecule has 5 heteroatoms. The summed E-state index contributed by atoms with van der Waals surface area (Å²) >= 11 is 0. The number of nitrogens with zero attached hydrogens (tertiary/aromatic N) is 2. The second-order valence-corrected chi connectivity index (χ2v) is 14.5. The van der Waals surface area contributed by atoms with E-state index in [2.05, 4.69) is 182 Å². The third-order valence-corrected chi connectivity index (χ3v) is 11.2. The predicted octanol–water partition coefficient (Wildman–Crippen LogP) is 10.7. The molecule has 0 fully saturated rings. The standard InChI is InChI=1S/C46H33BN3O/c1-27-22-24-28(25-23-27)48-35-17-5-4-12-29(35)31-26-38(49-36-18-6-8-20-39(36)51-40-21-9-7-19-37(40)49)41-30-13-10-14-32-43(30)50-44-33(46(32,2)3)15-11-16-34(44)47-42(31)45(41)50/h4-26,48H,1-3H3. The highest BCUT2D eigenvalue weighted by Gasteiger charge is 2.40. The maximum absolute atomic E-state index is 6.54. The van der Waals surface area contributed by atoms with Crippen LogP contribution in [0.2, 0.25) is 0 Å². The molecule has 0 bridgehead atoms. The molecule has 0 unspecified atom stereocenters. The number of benzene rings is 7. The Morgan fingerprint density at radius 3 is 2.10 bits per heavy atom. The van der Waals surface area contributed by atoms with Crippen LogP contribution in [0.4, 0.5) is 28.4 Å². The molecular formula is C46H33BN3O. The van der Waals surface area contributed by atoms with E-state index in [1.54, 1.807) is 0 Å². The number of hydrogen-bond donors (Lipinski definition) is 1. The van der Waals surface area contributed by atoms with E-state index in [-0.39, 0.29) is 5.41 Å². The third kappa shape index (κ3) is 3.86. The zero-order valence-corrected chi connectivity index (χ0v) is 28.7. The van der Waals surface area contributed by atoms with Crippen LogP contribution < -0.4 is 25.9 Å². The molecule has 0 saturated carbocycles. The highest BCUT2D eigenvalue weighted by molar-refractivity contribution is 6.74. The van der Waals surface area contributed by atoms with Crippen LogP contribution in [0.25, 0.3) is 38.6 Å². The molecule has 4 nitrogen and oxygen atoms in total. The number of anilines is 5. The Morgan fingerprint density at radius 1 is 0.627 bits per heavy atom. The maximum Gasteiger partial charge on any atom is 0.197 e. The summed E-state index contributed by atoms with van der Waals surface area (Å²) < 4.78 is 9.13. The van der Waals surface area contributed by atoms with Crippen LogP contribution >= 0.6 is 0 Å². The molecule has 7 aromatic carbocycles. The second kappa shape index (κ2) is 10.2. The quantitative estimate of drug-likeness (QED) is 0.192. The fourth-order valence-corrected chi connectivity index (χ4v) is 8.86. The van der Waals surface area contributed by atoms with E-state index in [0.717, 1.165) is 45.5 Å². The molecule has 1 aromatic heterocycles. The number of para-hydroxylation sites is 7. The summed E-state index contributed by atoms with van der Waals surface area (Å²) in [6.45, 7) is 6.88. The zero-order chi connectivity index (χ0) is 34.0. The lowest BCUT2D eigenvalue weighted by molar-refractivity contribution is 0.477. The number of aromatic nitrogens is 1. The zero-order valence-electron chi connectivity index (χ0n) is 28.7. The molecule has 1 N–H and O–H groups in total. The fraction of sp³-hybridized carbons (Fsp3) is 0.0870. The average Bonchev–Trinajstić information content (AvgIpc) is 3.51. The molecule has 51 heavy (non-hydrogen) atoms. The van der Waals surface area contributed by atoms with E-state index in [0.29, 0.717) is 0 Å². The minimum atomic E-state index is -0.160. The first kappa shape index (κ1) is 28.6. The average molecular weight is 655 g/mol. The van der Waals surface area contributed by atoms with Gasteiger partial charge in [-0.25, -0.2) is 0 Å². The number of nitrogens with one attached hydrogen (secondary N) is 1. The third-order valence-electron chi connectivity index (χ3n) is 11.2. The SMILES string of the molecule is Cc1ccc(Nc2ccccc2-c2cc(N3c4ccccc4Oc4ccccc43)c3c4cccc5c4n4c3c2[B]c2cccc(c2-4)C5(C)C)cc1. The largest absolute Gasteiger partial charge is 0.453 e. The van der Waals surface area contributed by atoms with E-state index >= 15 is 0 Å². The van der Waals surface area contributed by atoms with Gasteiger partial charge in [-0.2, -0.15) is 0 Å². The maximum atomic E-state index is 6.54. The van der Waals surface area contributed by atoms with Crippen molar-refractivity contribution in [1.82, 2.24) is 4.57 Å². The first-order chi connectivity index (χ1) is 25.0. The number of aryl methyl sites for hydroxylation is 1. The van der Waals surface area contributed by atoms with Crippen LogP contribution in [0, 0.1) is 6.92 Å². The van der Waals surface area contributed by atoms with Gasteiger partial charge in [-0.15, -0.1) is 0 Å². The van der Waals surface area contributed by atoms with E-state index in [4.69, 9.17) is 4.74 Å². The first-order valence-electron chi connectivity index (χ1n) is 17.7. The summed E-state index contributed by atoms with van der Waals surface area (Å²) in [4.78, 5) is 2.42. The number of ether oxygens (including phenoxy) is 1. The minimum absolute atomic E-state index is 0.160. The highest BCUT2D eigenvalue weighted by Crippen LogP contribution is 2.55. The topological polar surface area (TPSA) is 29.4 Å². The van der Waals surface area contributed by atoms with Crippen molar-refractivity contribution in [2.45, 2.75) is 26.2 Å². The Bertz CT molecular complexity index is 2730. The van der Waals surface area contributed by atoms with Gasteiger partial charge in [-0.1, -0.05) is 116 Å². The molecule has 0 spiro atoms. The molecule has 1 radical (unpaired) electrons. The molecule has 0 amide bonds. The molecule has 3 aliphatic heterocycles. The van der Waals surface area contributed by atoms with Gasteiger partial charge in [-0.3, -0.25) is 0 Å². The summed E-state index contributed by atoms with van der Waals surface area (Å²) in [5.41, 5.74) is 17.7. The lowest BCUT2D eigenvalue weighted by Gasteiger charge is -2.38. The smallest absolute Gasteiger partial charge is 0.197 e. The molecule has 11 rings (SSSR count). The fourth-order valence-electron chi connectivity index (χ4n) is 8.86. The molecule has 0 aliphatic carbocycles. The van der Waals surface area contributed by atoms with Crippen LogP contribution in [0.15, 0.2) is 140 Å². The van der Waals surface area contributed by atoms with Crippen molar-refractivity contribution in [3.05, 3.63) is 156 Å². The van der Waals surface area contributed by atoms with Crippen molar-refractivity contribution >= 4 is 68.4 Å². The minimum Gasteiger partial charge on any atom is -0.453 e. The molecular weight excluding hydrogens is 621 g/mol. The van der Waals surface area contributed by atoms with E-state index in [9.17, 15) is 0 Å². The lowest BCUT2D eigenvalue weighted by atomic mass is 9.57. The molecule has 3 aliphatic rings. The van der Waals surface area contributed by atoms with Gasteiger partial charge in [0.15, 0.2) is 18.8 Å². The lowest BCUT2D eigenvalue weighted by Crippen LogP contribution is -2.41. The van der Waals surface area contributed by atoms with Crippen molar-refractivity contribution < 1.29 is 4.74 Å². The van der Waals surface area contributed by atoms with Crippen LogP contribution in [-0.4, -0.2) is 11.8 Å². The van der Waals surface area contributed by atoms with Gasteiger partial charge in [0.05, 0.1) is 28.1 Å². The number of hydrogen-bond acceptors (Lipinski definition) is 3. The van der Waals surface area contributed by atoms with Crippen LogP contribution in [-0.2, 0) is 5.41 Å². The molecule has 8 aromatic rings. The predicted molar refractivity (Wildman–Crippen MR) is 213 cm³/mol. The first-order valence-corrected chi connectivity index (χ1v) is 17.7. The van der Waals surface area contributed by atoms with E-state index < -0.39 is 0 Å². The molecule has 4 heterocycles. The van der Waals surface area contributed by atoms with Gasteiger partial charge in [0.2, 0.25) is 0 Å². The van der Waals surface area contributed by atoms with Gasteiger partial charge in [0.25, 0.3) is 0 Å². The number of rotatable bonds is 4. The van der Waals surface area contributed by atoms with Crippen molar-refractivity contribution in [3.8, 4) is 28.3 Å². The molecule has 0 saturated heterocycles. The number of fused-ring (bicyclic) bond motifs is 3. The molecule has 241 valence electrons. The Labute approximate surface area is 297 Å². The summed E-state index contributed by atoms with van der Waals surface area (Å²) in [6.07, 6.45) is 0. The Morgan fingerprint density at radius 2 is 1.31 bits per heavy atom. The van der Waals surface area contributed by atoms with Crippen LogP contribution in [0.3, 0.4) is 0 Å². The van der Waals surface area contributed by atoms with E-state index in [1.807, 2.05) is 0 Å². The van der Waals surface area contributed by atoms with Crippen molar-refractivity contribution in [2.75, 3.05) is 10.2 Å². The monoisotopic (exact) mass is 654 g/mol. The molecule has 0 atom stereocenters. The van der Waals surface area contributed by atoms with Gasteiger partial charge < -0.3 is 19.5 Å². The van der Waals surface area contributed by atoms with Gasteiger partial charge in [-0.05, 0) is 77.6 Å². The Balaban J connectivity index is 1.31. The van der Waals surface area contributed by atoms with Gasteiger partial charge in [0.1, 0.15) is 0 Å². The van der Waals surface area contributed by atoms with Crippen molar-refractivity contribution in [3.63, 3.8) is 0 Å². The van der Waals surface area contributed by atoms with Crippen molar-refractivity contribution in [2.24, 2.45) is 0 Å². The Kier molecular flexibility index (Phi) is 5.71. The van der Waals surface area contributed by atoms with E-state index in [1.165, 1.54) is 60.7 Å². The van der Waals surface area contributed by atoms with Crippen LogP contribution in [0.5, 0.6) is 11.5 Å². The summed E-state index contributed by atoms with van der Waals surface area (Å²) in [5.74, 6) is 1.69. The summed E-state index contributed by atoms with van der Waals surface area (Å²) in [6, 6.07) is 50.3. The van der Waals surface area contributed by atoms with Gasteiger partial charge in [0, 0.05) is 38.8 Å². The Hall–Kier alpha value is -6.20.